The van der Waals surface area contributed by atoms with Crippen LogP contribution in [0.15, 0.2) is 42.5 Å². The van der Waals surface area contributed by atoms with Crippen molar-refractivity contribution < 1.29 is 14.0 Å². The lowest BCUT2D eigenvalue weighted by atomic mass is 9.88. The third-order valence-corrected chi connectivity index (χ3v) is 5.44. The van der Waals surface area contributed by atoms with Gasteiger partial charge in [0.05, 0.1) is 11.4 Å². The van der Waals surface area contributed by atoms with E-state index in [1.54, 1.807) is 31.2 Å². The molecule has 0 unspecified atom stereocenters. The SMILES string of the molecule is Cc1nnnn1-c1ccc(F)c(NC(=O)c2cccc(NC(=O)C3CCCCC3)c2)c1. The average molecular weight is 422 g/mol. The Kier molecular flexibility index (Phi) is 6.01. The number of carbonyl (C=O) groups is 2. The highest BCUT2D eigenvalue weighted by molar-refractivity contribution is 6.05. The van der Waals surface area contributed by atoms with Crippen molar-refractivity contribution in [3.05, 3.63) is 59.7 Å². The number of hydrogen-bond donors (Lipinski definition) is 2. The molecule has 4 rings (SSSR count). The van der Waals surface area contributed by atoms with Crippen molar-refractivity contribution in [3.63, 3.8) is 0 Å². The molecule has 0 aliphatic heterocycles. The molecule has 2 aromatic carbocycles. The monoisotopic (exact) mass is 422 g/mol. The maximum atomic E-state index is 14.3. The van der Waals surface area contributed by atoms with Crippen LogP contribution in [0.4, 0.5) is 15.8 Å². The number of hydrogen-bond acceptors (Lipinski definition) is 5. The number of aromatic nitrogens is 4. The van der Waals surface area contributed by atoms with E-state index in [1.807, 2.05) is 0 Å². The molecule has 0 radical (unpaired) electrons. The van der Waals surface area contributed by atoms with Gasteiger partial charge in [-0.1, -0.05) is 25.3 Å². The second kappa shape index (κ2) is 9.03. The van der Waals surface area contributed by atoms with Crippen LogP contribution >= 0.6 is 0 Å². The highest BCUT2D eigenvalue weighted by atomic mass is 19.1. The van der Waals surface area contributed by atoms with Crippen molar-refractivity contribution in [2.75, 3.05) is 10.6 Å². The van der Waals surface area contributed by atoms with Crippen LogP contribution in [0.3, 0.4) is 0 Å². The number of amides is 2. The number of anilines is 2. The first-order chi connectivity index (χ1) is 15.0. The summed E-state index contributed by atoms with van der Waals surface area (Å²) in [7, 11) is 0. The van der Waals surface area contributed by atoms with Crippen molar-refractivity contribution in [1.82, 2.24) is 20.2 Å². The lowest BCUT2D eigenvalue weighted by Crippen LogP contribution is -2.24. The smallest absolute Gasteiger partial charge is 0.255 e. The minimum absolute atomic E-state index is 0.00837. The summed E-state index contributed by atoms with van der Waals surface area (Å²) in [5, 5.41) is 16.7. The number of aryl methyl sites for hydroxylation is 1. The fourth-order valence-corrected chi connectivity index (χ4v) is 3.75. The lowest BCUT2D eigenvalue weighted by molar-refractivity contribution is -0.120. The molecule has 1 fully saturated rings. The number of halogens is 1. The third kappa shape index (κ3) is 4.76. The maximum absolute atomic E-state index is 14.3. The largest absolute Gasteiger partial charge is 0.326 e. The fourth-order valence-electron chi connectivity index (χ4n) is 3.75. The van der Waals surface area contributed by atoms with Gasteiger partial charge in [0.1, 0.15) is 5.82 Å². The number of benzene rings is 2. The number of rotatable bonds is 5. The van der Waals surface area contributed by atoms with Gasteiger partial charge in [-0.3, -0.25) is 9.59 Å². The van der Waals surface area contributed by atoms with Crippen LogP contribution in [-0.2, 0) is 4.79 Å². The highest BCUT2D eigenvalue weighted by Gasteiger charge is 2.21. The van der Waals surface area contributed by atoms with E-state index < -0.39 is 11.7 Å². The first-order valence-corrected chi connectivity index (χ1v) is 10.3. The average Bonchev–Trinajstić information content (AvgIpc) is 3.22. The maximum Gasteiger partial charge on any atom is 0.255 e. The molecule has 0 spiro atoms. The Morgan fingerprint density at radius 2 is 1.87 bits per heavy atom. The van der Waals surface area contributed by atoms with Crippen LogP contribution in [0.1, 0.15) is 48.3 Å². The molecule has 9 heteroatoms. The summed E-state index contributed by atoms with van der Waals surface area (Å²) >= 11 is 0. The van der Waals surface area contributed by atoms with E-state index >= 15 is 0 Å². The van der Waals surface area contributed by atoms with Crippen LogP contribution in [0.5, 0.6) is 0 Å². The zero-order valence-corrected chi connectivity index (χ0v) is 17.1. The molecule has 1 aromatic heterocycles. The topological polar surface area (TPSA) is 102 Å². The number of carbonyl (C=O) groups excluding carboxylic acids is 2. The number of tetrazole rings is 1. The molecule has 1 aliphatic rings. The molecule has 0 atom stereocenters. The summed E-state index contributed by atoms with van der Waals surface area (Å²) in [6.07, 6.45) is 5.08. The van der Waals surface area contributed by atoms with E-state index in [2.05, 4.69) is 26.2 Å². The van der Waals surface area contributed by atoms with E-state index in [0.29, 0.717) is 22.8 Å². The van der Waals surface area contributed by atoms with Crippen molar-refractivity contribution in [2.45, 2.75) is 39.0 Å². The van der Waals surface area contributed by atoms with E-state index in [-0.39, 0.29) is 17.5 Å². The molecule has 0 saturated heterocycles. The van der Waals surface area contributed by atoms with Gasteiger partial charge in [0.15, 0.2) is 5.82 Å². The molecule has 2 N–H and O–H groups in total. The first-order valence-electron chi connectivity index (χ1n) is 10.3. The van der Waals surface area contributed by atoms with Gasteiger partial charge in [-0.05, 0) is 66.6 Å². The number of nitrogens with zero attached hydrogens (tertiary/aromatic N) is 4. The summed E-state index contributed by atoms with van der Waals surface area (Å²) < 4.78 is 15.8. The Hall–Kier alpha value is -3.62. The van der Waals surface area contributed by atoms with E-state index in [0.717, 1.165) is 25.7 Å². The van der Waals surface area contributed by atoms with Crippen molar-refractivity contribution in [1.29, 1.82) is 0 Å². The second-order valence-corrected chi connectivity index (χ2v) is 7.66. The minimum Gasteiger partial charge on any atom is -0.326 e. The quantitative estimate of drug-likeness (QED) is 0.650. The van der Waals surface area contributed by atoms with Gasteiger partial charge in [-0.2, -0.15) is 4.68 Å². The van der Waals surface area contributed by atoms with E-state index in [1.165, 1.54) is 29.3 Å². The lowest BCUT2D eigenvalue weighted by Gasteiger charge is -2.20. The summed E-state index contributed by atoms with van der Waals surface area (Å²) in [4.78, 5) is 25.2. The highest BCUT2D eigenvalue weighted by Crippen LogP contribution is 2.25. The molecule has 160 valence electrons. The molecule has 31 heavy (non-hydrogen) atoms. The van der Waals surface area contributed by atoms with E-state index in [9.17, 15) is 14.0 Å². The van der Waals surface area contributed by atoms with E-state index in [4.69, 9.17) is 0 Å². The van der Waals surface area contributed by atoms with Gasteiger partial charge in [0.25, 0.3) is 5.91 Å². The Bertz CT molecular complexity index is 1110. The van der Waals surface area contributed by atoms with Crippen LogP contribution in [0, 0.1) is 18.7 Å². The van der Waals surface area contributed by atoms with Crippen molar-refractivity contribution in [3.8, 4) is 5.69 Å². The van der Waals surface area contributed by atoms with Crippen LogP contribution < -0.4 is 10.6 Å². The third-order valence-electron chi connectivity index (χ3n) is 5.44. The molecule has 3 aromatic rings. The second-order valence-electron chi connectivity index (χ2n) is 7.66. The first kappa shape index (κ1) is 20.6. The molecular weight excluding hydrogens is 399 g/mol. The molecule has 1 heterocycles. The van der Waals surface area contributed by atoms with Crippen LogP contribution in [0.25, 0.3) is 5.69 Å². The van der Waals surface area contributed by atoms with Gasteiger partial charge < -0.3 is 10.6 Å². The predicted molar refractivity (Wildman–Crippen MR) is 113 cm³/mol. The Morgan fingerprint density at radius 1 is 1.06 bits per heavy atom. The summed E-state index contributed by atoms with van der Waals surface area (Å²) in [6, 6.07) is 10.8. The van der Waals surface area contributed by atoms with Gasteiger partial charge in [-0.25, -0.2) is 4.39 Å². The molecule has 1 saturated carbocycles. The summed E-state index contributed by atoms with van der Waals surface area (Å²) in [5.74, 6) is -0.543. The fraction of sp³-hybridized carbons (Fsp3) is 0.318. The Morgan fingerprint density at radius 3 is 2.61 bits per heavy atom. The summed E-state index contributed by atoms with van der Waals surface area (Å²) in [6.45, 7) is 1.72. The molecule has 1 aliphatic carbocycles. The van der Waals surface area contributed by atoms with Crippen molar-refractivity contribution >= 4 is 23.2 Å². The van der Waals surface area contributed by atoms with Gasteiger partial charge in [0.2, 0.25) is 5.91 Å². The van der Waals surface area contributed by atoms with Gasteiger partial charge >= 0.3 is 0 Å². The minimum atomic E-state index is -0.579. The molecule has 8 nitrogen and oxygen atoms in total. The molecule has 2 amide bonds. The molecule has 0 bridgehead atoms. The standard InChI is InChI=1S/C22H23FN6O2/c1-14-26-27-28-29(14)18-10-11-19(23)20(13-18)25-22(31)16-8-5-9-17(12-16)24-21(30)15-6-3-2-4-7-15/h5,8-13,15H,2-4,6-7H2,1H3,(H,24,30)(H,25,31). The Balaban J connectivity index is 1.48. The molecular formula is C22H23FN6O2. The Labute approximate surface area is 178 Å². The van der Waals surface area contributed by atoms with Crippen molar-refractivity contribution in [2.24, 2.45) is 5.92 Å². The zero-order valence-electron chi connectivity index (χ0n) is 17.1. The van der Waals surface area contributed by atoms with Gasteiger partial charge in [-0.15, -0.1) is 5.10 Å². The number of nitrogens with one attached hydrogen (secondary N) is 2. The normalized spacial score (nSPS) is 14.3. The predicted octanol–water partition coefficient (Wildman–Crippen LogP) is 3.88. The summed E-state index contributed by atoms with van der Waals surface area (Å²) in [5.41, 5.74) is 1.38. The van der Waals surface area contributed by atoms with Crippen LogP contribution in [0.2, 0.25) is 0 Å². The van der Waals surface area contributed by atoms with Gasteiger partial charge in [0, 0.05) is 17.2 Å². The van der Waals surface area contributed by atoms with Crippen LogP contribution in [-0.4, -0.2) is 32.0 Å². The zero-order chi connectivity index (χ0) is 21.8.